The number of amides is 1. The number of carbonyl (C=O) groups excluding carboxylic acids is 1. The lowest BCUT2D eigenvalue weighted by molar-refractivity contribution is -0.120. The van der Waals surface area contributed by atoms with Crippen molar-refractivity contribution in [1.29, 1.82) is 5.26 Å². The Hall–Kier alpha value is -0.690. The third-order valence-electron chi connectivity index (χ3n) is 1.98. The Morgan fingerprint density at radius 2 is 2.55 bits per heavy atom. The van der Waals surface area contributed by atoms with Crippen molar-refractivity contribution in [1.82, 2.24) is 5.32 Å². The number of nitrogens with one attached hydrogen (secondary N) is 1. The largest absolute Gasteiger partial charge is 0.337 e. The van der Waals surface area contributed by atoms with E-state index in [0.29, 0.717) is 0 Å². The summed E-state index contributed by atoms with van der Waals surface area (Å²) in [5.74, 6) is -0.162. The zero-order valence-electron chi connectivity index (χ0n) is 6.29. The quantitative estimate of drug-likeness (QED) is 0.562. The van der Waals surface area contributed by atoms with E-state index in [4.69, 9.17) is 5.26 Å². The number of thiol groups is 1. The van der Waals surface area contributed by atoms with Crippen LogP contribution in [0.25, 0.3) is 0 Å². The fourth-order valence-corrected chi connectivity index (χ4v) is 1.56. The molecule has 1 aliphatic carbocycles. The van der Waals surface area contributed by atoms with Gasteiger partial charge in [-0.15, -0.1) is 0 Å². The minimum absolute atomic E-state index is 0.00333. The van der Waals surface area contributed by atoms with Crippen molar-refractivity contribution < 1.29 is 4.79 Å². The molecule has 0 spiro atoms. The Morgan fingerprint density at radius 1 is 1.91 bits per heavy atom. The summed E-state index contributed by atoms with van der Waals surface area (Å²) >= 11 is 4.18. The van der Waals surface area contributed by atoms with Crippen LogP contribution >= 0.6 is 12.6 Å². The number of carbonyl (C=O) groups is 1. The van der Waals surface area contributed by atoms with Crippen molar-refractivity contribution in [3.63, 3.8) is 0 Å². The van der Waals surface area contributed by atoms with E-state index in [9.17, 15) is 4.79 Å². The van der Waals surface area contributed by atoms with Crippen molar-refractivity contribution in [3.05, 3.63) is 0 Å². The molecule has 3 nitrogen and oxygen atoms in total. The molecule has 0 aromatic rings. The van der Waals surface area contributed by atoms with Crippen LogP contribution in [0.2, 0.25) is 0 Å². The van der Waals surface area contributed by atoms with Crippen molar-refractivity contribution >= 4 is 18.5 Å². The summed E-state index contributed by atoms with van der Waals surface area (Å²) < 4.78 is 0. The van der Waals surface area contributed by atoms with E-state index < -0.39 is 5.54 Å². The summed E-state index contributed by atoms with van der Waals surface area (Å²) in [6.45, 7) is 1.41. The first-order valence-corrected chi connectivity index (χ1v) is 4.00. The molecule has 0 radical (unpaired) electrons. The van der Waals surface area contributed by atoms with Crippen LogP contribution in [0, 0.1) is 11.3 Å². The highest BCUT2D eigenvalue weighted by Gasteiger charge is 2.46. The topological polar surface area (TPSA) is 52.9 Å². The van der Waals surface area contributed by atoms with Crippen LogP contribution in [-0.2, 0) is 4.79 Å². The monoisotopic (exact) mass is 170 g/mol. The van der Waals surface area contributed by atoms with Crippen LogP contribution in [0.3, 0.4) is 0 Å². The SMILES string of the molecule is CC(=O)NC1(C#N)CCC1S. The minimum Gasteiger partial charge on any atom is -0.337 e. The van der Waals surface area contributed by atoms with E-state index in [2.05, 4.69) is 24.0 Å². The molecule has 0 saturated heterocycles. The molecule has 60 valence electrons. The number of nitrogens with zero attached hydrogens (tertiary/aromatic N) is 1. The van der Waals surface area contributed by atoms with E-state index in [0.717, 1.165) is 12.8 Å². The van der Waals surface area contributed by atoms with E-state index in [1.54, 1.807) is 0 Å². The molecule has 2 atom stereocenters. The Morgan fingerprint density at radius 3 is 2.64 bits per heavy atom. The van der Waals surface area contributed by atoms with Crippen LogP contribution in [0.15, 0.2) is 0 Å². The Bertz CT molecular complexity index is 223. The molecular formula is C7H10N2OS. The van der Waals surface area contributed by atoms with Gasteiger partial charge in [0.2, 0.25) is 5.91 Å². The number of hydrogen-bond donors (Lipinski definition) is 2. The lowest BCUT2D eigenvalue weighted by Crippen LogP contribution is -2.59. The predicted molar refractivity (Wildman–Crippen MR) is 44.2 cm³/mol. The van der Waals surface area contributed by atoms with Gasteiger partial charge in [-0.1, -0.05) is 0 Å². The van der Waals surface area contributed by atoms with Gasteiger partial charge in [0.05, 0.1) is 6.07 Å². The average Bonchev–Trinajstić information content (AvgIpc) is 1.96. The highest BCUT2D eigenvalue weighted by atomic mass is 32.1. The van der Waals surface area contributed by atoms with E-state index >= 15 is 0 Å². The molecule has 11 heavy (non-hydrogen) atoms. The maximum Gasteiger partial charge on any atom is 0.218 e. The van der Waals surface area contributed by atoms with Gasteiger partial charge in [0.15, 0.2) is 0 Å². The Labute approximate surface area is 71.2 Å². The Balaban J connectivity index is 2.64. The maximum atomic E-state index is 10.7. The average molecular weight is 170 g/mol. The summed E-state index contributed by atoms with van der Waals surface area (Å²) in [6, 6.07) is 2.09. The summed E-state index contributed by atoms with van der Waals surface area (Å²) in [4.78, 5) is 10.7. The number of rotatable bonds is 1. The Kier molecular flexibility index (Phi) is 2.10. The number of hydrogen-bond acceptors (Lipinski definition) is 3. The van der Waals surface area contributed by atoms with Gasteiger partial charge in [-0.05, 0) is 12.8 Å². The molecule has 1 saturated carbocycles. The smallest absolute Gasteiger partial charge is 0.218 e. The summed E-state index contributed by atoms with van der Waals surface area (Å²) in [5.41, 5.74) is -0.686. The standard InChI is InChI=1S/C7H10N2OS/c1-5(10)9-7(4-8)3-2-6(7)11/h6,11H,2-3H2,1H3,(H,9,10). The highest BCUT2D eigenvalue weighted by molar-refractivity contribution is 7.81. The third-order valence-corrected chi connectivity index (χ3v) is 2.68. The van der Waals surface area contributed by atoms with Crippen molar-refractivity contribution in [2.75, 3.05) is 0 Å². The molecule has 4 heteroatoms. The van der Waals surface area contributed by atoms with Crippen molar-refractivity contribution in [2.24, 2.45) is 0 Å². The van der Waals surface area contributed by atoms with Crippen LogP contribution in [-0.4, -0.2) is 16.7 Å². The summed E-state index contributed by atoms with van der Waals surface area (Å²) in [6.07, 6.45) is 1.62. The second-order valence-electron chi connectivity index (χ2n) is 2.82. The van der Waals surface area contributed by atoms with Crippen LogP contribution in [0.4, 0.5) is 0 Å². The predicted octanol–water partition coefficient (Wildman–Crippen LogP) is 0.477. The maximum absolute atomic E-state index is 10.7. The van der Waals surface area contributed by atoms with Crippen molar-refractivity contribution in [3.8, 4) is 6.07 Å². The molecule has 1 N–H and O–H groups in total. The normalized spacial score (nSPS) is 35.2. The molecule has 1 fully saturated rings. The first-order chi connectivity index (χ1) is 5.10. The molecule has 0 bridgehead atoms. The van der Waals surface area contributed by atoms with Gasteiger partial charge in [0.1, 0.15) is 5.54 Å². The summed E-state index contributed by atoms with van der Waals surface area (Å²) in [7, 11) is 0. The zero-order valence-corrected chi connectivity index (χ0v) is 7.19. The lowest BCUT2D eigenvalue weighted by atomic mass is 9.77. The van der Waals surface area contributed by atoms with Gasteiger partial charge in [-0.3, -0.25) is 4.79 Å². The van der Waals surface area contributed by atoms with Crippen LogP contribution in [0.1, 0.15) is 19.8 Å². The zero-order chi connectivity index (χ0) is 8.48. The van der Waals surface area contributed by atoms with Gasteiger partial charge >= 0.3 is 0 Å². The van der Waals surface area contributed by atoms with E-state index in [1.807, 2.05) is 0 Å². The second-order valence-corrected chi connectivity index (χ2v) is 3.44. The third kappa shape index (κ3) is 1.33. The highest BCUT2D eigenvalue weighted by Crippen LogP contribution is 2.35. The van der Waals surface area contributed by atoms with Gasteiger partial charge in [0.25, 0.3) is 0 Å². The molecule has 1 rings (SSSR count). The minimum atomic E-state index is -0.686. The summed E-state index contributed by atoms with van der Waals surface area (Å²) in [5, 5.41) is 11.4. The fourth-order valence-electron chi connectivity index (χ4n) is 1.18. The van der Waals surface area contributed by atoms with Gasteiger partial charge in [-0.25, -0.2) is 0 Å². The van der Waals surface area contributed by atoms with Crippen molar-refractivity contribution in [2.45, 2.75) is 30.6 Å². The van der Waals surface area contributed by atoms with Crippen LogP contribution in [0.5, 0.6) is 0 Å². The fraction of sp³-hybridized carbons (Fsp3) is 0.714. The second kappa shape index (κ2) is 2.74. The molecule has 2 unspecified atom stereocenters. The molecule has 0 aliphatic heterocycles. The molecule has 1 amide bonds. The molecular weight excluding hydrogens is 160 g/mol. The van der Waals surface area contributed by atoms with Crippen LogP contribution < -0.4 is 5.32 Å². The molecule has 1 aliphatic rings. The molecule has 0 aromatic carbocycles. The van der Waals surface area contributed by atoms with Gasteiger partial charge < -0.3 is 5.32 Å². The lowest BCUT2D eigenvalue weighted by Gasteiger charge is -2.41. The van der Waals surface area contributed by atoms with Gasteiger partial charge in [-0.2, -0.15) is 17.9 Å². The van der Waals surface area contributed by atoms with Gasteiger partial charge in [0, 0.05) is 12.2 Å². The molecule has 0 heterocycles. The van der Waals surface area contributed by atoms with E-state index in [-0.39, 0.29) is 11.2 Å². The van der Waals surface area contributed by atoms with E-state index in [1.165, 1.54) is 6.92 Å². The first kappa shape index (κ1) is 8.41. The number of nitriles is 1. The molecule has 0 aromatic heterocycles. The first-order valence-electron chi connectivity index (χ1n) is 3.49.